The molecule has 29 heavy (non-hydrogen) atoms. The number of carbonyl (C=O) groups is 2. The molecular formula is C23H18ClNO4. The predicted octanol–water partition coefficient (Wildman–Crippen LogP) is 4.90. The van der Waals surface area contributed by atoms with E-state index in [1.807, 2.05) is 19.1 Å². The molecule has 0 unspecified atom stereocenters. The van der Waals surface area contributed by atoms with Crippen LogP contribution in [-0.2, 0) is 0 Å². The van der Waals surface area contributed by atoms with Crippen molar-refractivity contribution < 1.29 is 19.1 Å². The second-order valence-corrected chi connectivity index (χ2v) is 7.08. The summed E-state index contributed by atoms with van der Waals surface area (Å²) < 4.78 is 11.2. The minimum Gasteiger partial charge on any atom is -0.486 e. The average Bonchev–Trinajstić information content (AvgIpc) is 2.73. The Kier molecular flexibility index (Phi) is 5.23. The Hall–Kier alpha value is -3.31. The predicted molar refractivity (Wildman–Crippen MR) is 111 cm³/mol. The molecule has 0 aliphatic carbocycles. The number of hydrogen-bond acceptors (Lipinski definition) is 4. The number of carbonyl (C=O) groups excluding carboxylic acids is 2. The van der Waals surface area contributed by atoms with E-state index in [4.69, 9.17) is 21.1 Å². The fraction of sp³-hybridized carbons (Fsp3) is 0.130. The Morgan fingerprint density at radius 2 is 1.55 bits per heavy atom. The van der Waals surface area contributed by atoms with E-state index < -0.39 is 0 Å². The van der Waals surface area contributed by atoms with Gasteiger partial charge in [-0.25, -0.2) is 0 Å². The van der Waals surface area contributed by atoms with Crippen LogP contribution in [0.3, 0.4) is 0 Å². The van der Waals surface area contributed by atoms with Crippen LogP contribution in [0.5, 0.6) is 11.5 Å². The number of benzene rings is 3. The minimum absolute atomic E-state index is 0.280. The van der Waals surface area contributed by atoms with Crippen LogP contribution in [0, 0.1) is 6.92 Å². The zero-order valence-electron chi connectivity index (χ0n) is 15.7. The van der Waals surface area contributed by atoms with E-state index in [0.29, 0.717) is 46.5 Å². The molecule has 0 saturated heterocycles. The van der Waals surface area contributed by atoms with Gasteiger partial charge in [0.2, 0.25) is 0 Å². The number of ether oxygens (including phenoxy) is 2. The molecule has 0 aromatic heterocycles. The molecule has 3 aromatic carbocycles. The summed E-state index contributed by atoms with van der Waals surface area (Å²) in [6.45, 7) is 2.74. The van der Waals surface area contributed by atoms with E-state index in [9.17, 15) is 9.59 Å². The number of ketones is 1. The van der Waals surface area contributed by atoms with Gasteiger partial charge >= 0.3 is 0 Å². The molecule has 0 atom stereocenters. The van der Waals surface area contributed by atoms with Crippen molar-refractivity contribution in [3.05, 3.63) is 87.9 Å². The summed E-state index contributed by atoms with van der Waals surface area (Å²) >= 11 is 6.22. The summed E-state index contributed by atoms with van der Waals surface area (Å²) in [7, 11) is 0. The lowest BCUT2D eigenvalue weighted by Crippen LogP contribution is -2.19. The van der Waals surface area contributed by atoms with E-state index in [2.05, 4.69) is 5.32 Å². The van der Waals surface area contributed by atoms with Crippen molar-refractivity contribution in [3.63, 3.8) is 0 Å². The van der Waals surface area contributed by atoms with Crippen LogP contribution in [-0.4, -0.2) is 24.9 Å². The fourth-order valence-corrected chi connectivity index (χ4v) is 3.29. The summed E-state index contributed by atoms with van der Waals surface area (Å²) in [5, 5.41) is 3.16. The first-order valence-corrected chi connectivity index (χ1v) is 9.51. The van der Waals surface area contributed by atoms with Gasteiger partial charge in [-0.1, -0.05) is 41.4 Å². The number of anilines is 1. The van der Waals surface area contributed by atoms with Crippen LogP contribution in [0.2, 0.25) is 5.02 Å². The molecule has 0 bridgehead atoms. The molecule has 146 valence electrons. The molecule has 0 spiro atoms. The molecule has 1 N–H and O–H groups in total. The highest BCUT2D eigenvalue weighted by atomic mass is 35.5. The average molecular weight is 408 g/mol. The van der Waals surface area contributed by atoms with Crippen LogP contribution < -0.4 is 14.8 Å². The highest BCUT2D eigenvalue weighted by Crippen LogP contribution is 2.37. The number of amides is 1. The minimum atomic E-state index is -0.324. The number of aryl methyl sites for hydroxylation is 1. The maximum atomic E-state index is 13.2. The first-order valence-electron chi connectivity index (χ1n) is 9.14. The summed E-state index contributed by atoms with van der Waals surface area (Å²) in [6.07, 6.45) is 0. The molecular weight excluding hydrogens is 390 g/mol. The van der Waals surface area contributed by atoms with E-state index in [0.717, 1.165) is 5.56 Å². The van der Waals surface area contributed by atoms with Gasteiger partial charge in [0.05, 0.1) is 16.3 Å². The van der Waals surface area contributed by atoms with Crippen LogP contribution >= 0.6 is 11.6 Å². The molecule has 1 amide bonds. The Balaban J connectivity index is 1.75. The van der Waals surface area contributed by atoms with Gasteiger partial charge in [0.15, 0.2) is 17.3 Å². The van der Waals surface area contributed by atoms with E-state index in [1.54, 1.807) is 48.5 Å². The zero-order valence-corrected chi connectivity index (χ0v) is 16.5. The van der Waals surface area contributed by atoms with Crippen molar-refractivity contribution in [2.45, 2.75) is 6.92 Å². The molecule has 4 rings (SSSR count). The summed E-state index contributed by atoms with van der Waals surface area (Å²) in [5.74, 6) is 0.299. The molecule has 1 aliphatic heterocycles. The Morgan fingerprint density at radius 1 is 0.897 bits per heavy atom. The molecule has 3 aromatic rings. The van der Waals surface area contributed by atoms with Gasteiger partial charge in [-0.15, -0.1) is 0 Å². The maximum Gasteiger partial charge on any atom is 0.255 e. The van der Waals surface area contributed by atoms with Crippen LogP contribution in [0.25, 0.3) is 0 Å². The van der Waals surface area contributed by atoms with Crippen molar-refractivity contribution >= 4 is 29.0 Å². The first-order chi connectivity index (χ1) is 14.0. The lowest BCUT2D eigenvalue weighted by atomic mass is 10.00. The molecule has 0 fully saturated rings. The third-order valence-electron chi connectivity index (χ3n) is 4.61. The van der Waals surface area contributed by atoms with Gasteiger partial charge in [-0.3, -0.25) is 9.59 Å². The number of halogens is 1. The van der Waals surface area contributed by atoms with E-state index in [-0.39, 0.29) is 17.3 Å². The monoisotopic (exact) mass is 407 g/mol. The molecule has 5 nitrogen and oxygen atoms in total. The van der Waals surface area contributed by atoms with E-state index >= 15 is 0 Å². The number of fused-ring (bicyclic) bond motifs is 1. The van der Waals surface area contributed by atoms with E-state index in [1.165, 1.54) is 0 Å². The smallest absolute Gasteiger partial charge is 0.255 e. The van der Waals surface area contributed by atoms with Crippen molar-refractivity contribution in [3.8, 4) is 11.5 Å². The largest absolute Gasteiger partial charge is 0.486 e. The highest BCUT2D eigenvalue weighted by Gasteiger charge is 2.23. The number of hydrogen-bond donors (Lipinski definition) is 1. The Bertz CT molecular complexity index is 1090. The maximum absolute atomic E-state index is 13.2. The fourth-order valence-electron chi connectivity index (χ4n) is 3.07. The number of nitrogens with one attached hydrogen (secondary N) is 1. The van der Waals surface area contributed by atoms with Gasteiger partial charge in [0.25, 0.3) is 5.91 Å². The molecule has 1 aliphatic rings. The second-order valence-electron chi connectivity index (χ2n) is 6.67. The van der Waals surface area contributed by atoms with Gasteiger partial charge < -0.3 is 14.8 Å². The topological polar surface area (TPSA) is 64.6 Å². The van der Waals surface area contributed by atoms with Crippen molar-refractivity contribution in [1.82, 2.24) is 0 Å². The van der Waals surface area contributed by atoms with Gasteiger partial charge in [0, 0.05) is 17.2 Å². The lowest BCUT2D eigenvalue weighted by molar-refractivity contribution is 0.102. The number of rotatable bonds is 4. The normalized spacial score (nSPS) is 12.3. The molecule has 0 radical (unpaired) electrons. The molecule has 6 heteroatoms. The standard InChI is InChI=1S/C23H18ClNO4/c1-14-6-8-15(9-7-14)23(27)25-19-13-21-20(28-10-11-29-21)12-17(19)22(26)16-4-2-3-5-18(16)24/h2-9,12-13H,10-11H2,1H3,(H,25,27). The molecule has 1 heterocycles. The second kappa shape index (κ2) is 7.97. The molecule has 0 saturated carbocycles. The van der Waals surface area contributed by atoms with Crippen molar-refractivity contribution in [2.75, 3.05) is 18.5 Å². The summed E-state index contributed by atoms with van der Waals surface area (Å²) in [6, 6.07) is 17.2. The lowest BCUT2D eigenvalue weighted by Gasteiger charge is -2.21. The Labute approximate surface area is 173 Å². The third-order valence-corrected chi connectivity index (χ3v) is 4.94. The SMILES string of the molecule is Cc1ccc(C(=O)Nc2cc3c(cc2C(=O)c2ccccc2Cl)OCCO3)cc1. The highest BCUT2D eigenvalue weighted by molar-refractivity contribution is 6.35. The van der Waals surface area contributed by atoms with Gasteiger partial charge in [0.1, 0.15) is 13.2 Å². The van der Waals surface area contributed by atoms with Crippen LogP contribution in [0.4, 0.5) is 5.69 Å². The van der Waals surface area contributed by atoms with Gasteiger partial charge in [-0.2, -0.15) is 0 Å². The van der Waals surface area contributed by atoms with Gasteiger partial charge in [-0.05, 0) is 37.3 Å². The van der Waals surface area contributed by atoms with Crippen LogP contribution in [0.15, 0.2) is 60.7 Å². The first kappa shape index (κ1) is 19.0. The zero-order chi connectivity index (χ0) is 20.4. The quantitative estimate of drug-likeness (QED) is 0.624. The summed E-state index contributed by atoms with van der Waals surface area (Å²) in [5.41, 5.74) is 2.50. The Morgan fingerprint density at radius 3 is 2.24 bits per heavy atom. The van der Waals surface area contributed by atoms with Crippen LogP contribution in [0.1, 0.15) is 31.8 Å². The third kappa shape index (κ3) is 3.96. The van der Waals surface area contributed by atoms with Crippen molar-refractivity contribution in [1.29, 1.82) is 0 Å². The van der Waals surface area contributed by atoms with Crippen molar-refractivity contribution in [2.24, 2.45) is 0 Å². The summed E-state index contributed by atoms with van der Waals surface area (Å²) in [4.78, 5) is 26.0.